The summed E-state index contributed by atoms with van der Waals surface area (Å²) in [6, 6.07) is 12.4. The molecule has 0 radical (unpaired) electrons. The van der Waals surface area contributed by atoms with Gasteiger partial charge in [0.15, 0.2) is 18.1 Å². The standard InChI is InChI=1S/C21H19NO6S/c1-14-4-6-18(28-14)21(24)27-13-20(23)22(12-16-3-2-10-29-16)15-5-7-17-19(11-15)26-9-8-25-17/h2-7,10-11H,8-9,12-13H2,1H3. The fourth-order valence-electron chi connectivity index (χ4n) is 2.90. The third kappa shape index (κ3) is 4.43. The van der Waals surface area contributed by atoms with Gasteiger partial charge in [0.2, 0.25) is 5.76 Å². The minimum absolute atomic E-state index is 0.0689. The molecule has 0 saturated heterocycles. The van der Waals surface area contributed by atoms with Gasteiger partial charge in [-0.1, -0.05) is 6.07 Å². The molecule has 2 aromatic heterocycles. The number of esters is 1. The summed E-state index contributed by atoms with van der Waals surface area (Å²) in [7, 11) is 0. The van der Waals surface area contributed by atoms with Gasteiger partial charge in [-0.2, -0.15) is 0 Å². The number of hydrogen-bond acceptors (Lipinski definition) is 7. The maximum atomic E-state index is 12.9. The van der Waals surface area contributed by atoms with Gasteiger partial charge in [-0.15, -0.1) is 11.3 Å². The molecule has 1 aromatic carbocycles. The fourth-order valence-corrected chi connectivity index (χ4v) is 3.60. The zero-order valence-corrected chi connectivity index (χ0v) is 16.6. The van der Waals surface area contributed by atoms with Crippen molar-refractivity contribution in [1.29, 1.82) is 0 Å². The maximum Gasteiger partial charge on any atom is 0.374 e. The van der Waals surface area contributed by atoms with Crippen molar-refractivity contribution in [3.8, 4) is 11.5 Å². The topological polar surface area (TPSA) is 78.2 Å². The van der Waals surface area contributed by atoms with Crippen molar-refractivity contribution in [1.82, 2.24) is 0 Å². The predicted octanol–water partition coefficient (Wildman–Crippen LogP) is 3.81. The predicted molar refractivity (Wildman–Crippen MR) is 107 cm³/mol. The number of benzene rings is 1. The minimum atomic E-state index is -0.676. The van der Waals surface area contributed by atoms with E-state index in [0.29, 0.717) is 42.7 Å². The van der Waals surface area contributed by atoms with Gasteiger partial charge in [0.05, 0.1) is 6.54 Å². The first kappa shape index (κ1) is 19.1. The molecule has 29 heavy (non-hydrogen) atoms. The van der Waals surface area contributed by atoms with Gasteiger partial charge in [0, 0.05) is 16.6 Å². The number of fused-ring (bicyclic) bond motifs is 1. The molecule has 0 saturated carbocycles. The SMILES string of the molecule is Cc1ccc(C(=O)OCC(=O)N(Cc2cccs2)c2ccc3c(c2)OCCO3)o1. The second kappa shape index (κ2) is 8.40. The number of amides is 1. The highest BCUT2D eigenvalue weighted by atomic mass is 32.1. The summed E-state index contributed by atoms with van der Waals surface area (Å²) in [6.45, 7) is 2.63. The van der Waals surface area contributed by atoms with Crippen molar-refractivity contribution >= 4 is 28.9 Å². The molecule has 0 fully saturated rings. The summed E-state index contributed by atoms with van der Waals surface area (Å²) in [6.07, 6.45) is 0. The Bertz CT molecular complexity index is 1010. The molecule has 3 aromatic rings. The summed E-state index contributed by atoms with van der Waals surface area (Å²) in [5.74, 6) is 0.860. The Kier molecular flexibility index (Phi) is 5.53. The monoisotopic (exact) mass is 413 g/mol. The highest BCUT2D eigenvalue weighted by Crippen LogP contribution is 2.34. The van der Waals surface area contributed by atoms with E-state index in [1.54, 1.807) is 47.4 Å². The normalized spacial score (nSPS) is 12.4. The Morgan fingerprint density at radius 1 is 1.10 bits per heavy atom. The van der Waals surface area contributed by atoms with Gasteiger partial charge in [0.25, 0.3) is 5.91 Å². The Balaban J connectivity index is 1.52. The van der Waals surface area contributed by atoms with Crippen molar-refractivity contribution in [2.75, 3.05) is 24.7 Å². The van der Waals surface area contributed by atoms with E-state index in [1.165, 1.54) is 6.07 Å². The van der Waals surface area contributed by atoms with Crippen LogP contribution in [0, 0.1) is 6.92 Å². The quantitative estimate of drug-likeness (QED) is 0.572. The zero-order valence-electron chi connectivity index (χ0n) is 15.8. The number of carbonyl (C=O) groups is 2. The number of nitrogens with zero attached hydrogens (tertiary/aromatic N) is 1. The van der Waals surface area contributed by atoms with Gasteiger partial charge in [-0.05, 0) is 42.6 Å². The molecule has 8 heteroatoms. The van der Waals surface area contributed by atoms with Crippen LogP contribution in [-0.4, -0.2) is 31.7 Å². The molecule has 3 heterocycles. The molecular weight excluding hydrogens is 394 g/mol. The van der Waals surface area contributed by atoms with Gasteiger partial charge in [0.1, 0.15) is 19.0 Å². The van der Waals surface area contributed by atoms with Crippen LogP contribution in [0.2, 0.25) is 0 Å². The molecule has 0 aliphatic carbocycles. The lowest BCUT2D eigenvalue weighted by molar-refractivity contribution is -0.121. The number of thiophene rings is 1. The Morgan fingerprint density at radius 2 is 1.93 bits per heavy atom. The van der Waals surface area contributed by atoms with Crippen molar-refractivity contribution in [2.24, 2.45) is 0 Å². The first-order chi connectivity index (χ1) is 14.1. The molecule has 7 nitrogen and oxygen atoms in total. The average Bonchev–Trinajstić information content (AvgIpc) is 3.41. The van der Waals surface area contributed by atoms with Crippen LogP contribution < -0.4 is 14.4 Å². The molecule has 0 bridgehead atoms. The lowest BCUT2D eigenvalue weighted by atomic mass is 10.2. The number of hydrogen-bond donors (Lipinski definition) is 0. The van der Waals surface area contributed by atoms with Crippen LogP contribution >= 0.6 is 11.3 Å². The largest absolute Gasteiger partial charge is 0.486 e. The van der Waals surface area contributed by atoms with E-state index in [9.17, 15) is 9.59 Å². The van der Waals surface area contributed by atoms with E-state index in [0.717, 1.165) is 4.88 Å². The van der Waals surface area contributed by atoms with Crippen LogP contribution in [0.25, 0.3) is 0 Å². The molecule has 1 aliphatic heterocycles. The molecule has 1 amide bonds. The summed E-state index contributed by atoms with van der Waals surface area (Å²) >= 11 is 1.54. The van der Waals surface area contributed by atoms with E-state index in [4.69, 9.17) is 18.6 Å². The van der Waals surface area contributed by atoms with Crippen molar-refractivity contribution < 1.29 is 28.2 Å². The van der Waals surface area contributed by atoms with Crippen LogP contribution in [0.15, 0.2) is 52.3 Å². The molecule has 0 atom stereocenters. The van der Waals surface area contributed by atoms with E-state index in [2.05, 4.69) is 0 Å². The lowest BCUT2D eigenvalue weighted by Gasteiger charge is -2.25. The third-order valence-electron chi connectivity index (χ3n) is 4.30. The Morgan fingerprint density at radius 3 is 2.66 bits per heavy atom. The molecule has 0 spiro atoms. The van der Waals surface area contributed by atoms with E-state index < -0.39 is 12.6 Å². The number of furan rings is 1. The van der Waals surface area contributed by atoms with Crippen molar-refractivity contribution in [2.45, 2.75) is 13.5 Å². The maximum absolute atomic E-state index is 12.9. The van der Waals surface area contributed by atoms with Crippen LogP contribution in [0.5, 0.6) is 11.5 Å². The van der Waals surface area contributed by atoms with Gasteiger partial charge < -0.3 is 23.5 Å². The number of ether oxygens (including phenoxy) is 3. The first-order valence-corrected chi connectivity index (χ1v) is 9.94. The lowest BCUT2D eigenvalue weighted by Crippen LogP contribution is -2.34. The van der Waals surface area contributed by atoms with E-state index >= 15 is 0 Å². The molecule has 4 rings (SSSR count). The number of anilines is 1. The molecule has 150 valence electrons. The summed E-state index contributed by atoms with van der Waals surface area (Å²) in [4.78, 5) is 27.6. The van der Waals surface area contributed by atoms with Crippen LogP contribution in [0.3, 0.4) is 0 Å². The van der Waals surface area contributed by atoms with Crippen LogP contribution in [0.4, 0.5) is 5.69 Å². The van der Waals surface area contributed by atoms with E-state index in [1.807, 2.05) is 17.5 Å². The van der Waals surface area contributed by atoms with Crippen molar-refractivity contribution in [3.63, 3.8) is 0 Å². The highest BCUT2D eigenvalue weighted by Gasteiger charge is 2.22. The Hall–Kier alpha value is -3.26. The van der Waals surface area contributed by atoms with Gasteiger partial charge in [-0.25, -0.2) is 4.79 Å². The highest BCUT2D eigenvalue weighted by molar-refractivity contribution is 7.09. The molecule has 0 N–H and O–H groups in total. The zero-order chi connectivity index (χ0) is 20.2. The van der Waals surface area contributed by atoms with Crippen LogP contribution in [0.1, 0.15) is 21.2 Å². The number of aryl methyl sites for hydroxylation is 1. The molecule has 1 aliphatic rings. The smallest absolute Gasteiger partial charge is 0.374 e. The van der Waals surface area contributed by atoms with Crippen LogP contribution in [-0.2, 0) is 16.1 Å². The second-order valence-electron chi connectivity index (χ2n) is 6.37. The first-order valence-electron chi connectivity index (χ1n) is 9.06. The number of carbonyl (C=O) groups excluding carboxylic acids is 2. The fraction of sp³-hybridized carbons (Fsp3) is 0.238. The van der Waals surface area contributed by atoms with Gasteiger partial charge >= 0.3 is 5.97 Å². The van der Waals surface area contributed by atoms with E-state index in [-0.39, 0.29) is 11.7 Å². The third-order valence-corrected chi connectivity index (χ3v) is 5.16. The minimum Gasteiger partial charge on any atom is -0.486 e. The summed E-state index contributed by atoms with van der Waals surface area (Å²) in [5, 5.41) is 1.95. The second-order valence-corrected chi connectivity index (χ2v) is 7.41. The average molecular weight is 413 g/mol. The number of rotatable bonds is 6. The molecule has 0 unspecified atom stereocenters. The van der Waals surface area contributed by atoms with Crippen molar-refractivity contribution in [3.05, 3.63) is 64.2 Å². The van der Waals surface area contributed by atoms with Gasteiger partial charge in [-0.3, -0.25) is 4.79 Å². The summed E-state index contributed by atoms with van der Waals surface area (Å²) < 4.78 is 21.6. The molecular formula is C21H19NO6S. The Labute approximate surface area is 171 Å². The summed E-state index contributed by atoms with van der Waals surface area (Å²) in [5.41, 5.74) is 0.637.